The summed E-state index contributed by atoms with van der Waals surface area (Å²) in [6.45, 7) is 0. The molecule has 0 amide bonds. The molecule has 0 radical (unpaired) electrons. The van der Waals surface area contributed by atoms with Crippen LogP contribution in [0.1, 0.15) is 5.56 Å². The van der Waals surface area contributed by atoms with E-state index in [9.17, 15) is 0 Å². The van der Waals surface area contributed by atoms with Crippen LogP contribution in [0.15, 0.2) is 41.7 Å². The summed E-state index contributed by atoms with van der Waals surface area (Å²) in [6.07, 6.45) is 1.58. The van der Waals surface area contributed by atoms with Crippen molar-refractivity contribution in [2.75, 3.05) is 14.2 Å². The Labute approximate surface area is 126 Å². The van der Waals surface area contributed by atoms with Gasteiger partial charge in [0.05, 0.1) is 20.4 Å². The van der Waals surface area contributed by atoms with Gasteiger partial charge in [0.25, 0.3) is 0 Å². The van der Waals surface area contributed by atoms with Crippen molar-refractivity contribution in [1.82, 2.24) is 19.6 Å². The molecular weight excluding hydrogens is 288 g/mol. The molecule has 0 aliphatic rings. The van der Waals surface area contributed by atoms with Gasteiger partial charge in [0.15, 0.2) is 5.75 Å². The quantitative estimate of drug-likeness (QED) is 0.675. The van der Waals surface area contributed by atoms with Crippen molar-refractivity contribution >= 4 is 17.4 Å². The average molecular weight is 302 g/mol. The summed E-state index contributed by atoms with van der Waals surface area (Å²) in [7, 11) is 3.13. The van der Waals surface area contributed by atoms with Gasteiger partial charge in [0, 0.05) is 5.75 Å². The third-order valence-corrected chi connectivity index (χ3v) is 3.80. The second-order valence-corrected chi connectivity index (χ2v) is 5.16. The molecule has 2 heterocycles. The van der Waals surface area contributed by atoms with Gasteiger partial charge in [-0.15, -0.1) is 5.10 Å². The van der Waals surface area contributed by atoms with Gasteiger partial charge in [-0.3, -0.25) is 0 Å². The van der Waals surface area contributed by atoms with Crippen LogP contribution in [0, 0.1) is 0 Å². The van der Waals surface area contributed by atoms with Crippen molar-refractivity contribution in [3.05, 3.63) is 42.1 Å². The van der Waals surface area contributed by atoms with E-state index in [1.54, 1.807) is 36.7 Å². The summed E-state index contributed by atoms with van der Waals surface area (Å²) in [4.78, 5) is 8.61. The van der Waals surface area contributed by atoms with E-state index in [-0.39, 0.29) is 0 Å². The van der Waals surface area contributed by atoms with Crippen LogP contribution in [0.25, 0.3) is 5.65 Å². The molecule has 0 aliphatic carbocycles. The van der Waals surface area contributed by atoms with Gasteiger partial charge in [-0.2, -0.15) is 14.5 Å². The standard InChI is InChI=1S/C14H14N4O2S/c1-19-11-8-15-14(20-2)18-12(11)16-13(17-18)21-9-10-6-4-3-5-7-10/h3-8H,9H2,1-2H3. The molecule has 0 unspecified atom stereocenters. The number of benzene rings is 1. The second-order valence-electron chi connectivity index (χ2n) is 4.22. The van der Waals surface area contributed by atoms with Crippen molar-refractivity contribution in [2.24, 2.45) is 0 Å². The predicted octanol–water partition coefficient (Wildman–Crippen LogP) is 2.43. The van der Waals surface area contributed by atoms with Gasteiger partial charge in [0.2, 0.25) is 10.8 Å². The van der Waals surface area contributed by atoms with E-state index in [1.165, 1.54) is 5.56 Å². The lowest BCUT2D eigenvalue weighted by atomic mass is 10.2. The van der Waals surface area contributed by atoms with Crippen LogP contribution in [-0.2, 0) is 5.75 Å². The fourth-order valence-corrected chi connectivity index (χ4v) is 2.66. The van der Waals surface area contributed by atoms with Crippen LogP contribution >= 0.6 is 11.8 Å². The summed E-state index contributed by atoms with van der Waals surface area (Å²) in [6, 6.07) is 10.6. The molecule has 1 aromatic carbocycles. The lowest BCUT2D eigenvalue weighted by Crippen LogP contribution is -2.00. The van der Waals surface area contributed by atoms with E-state index in [0.717, 1.165) is 5.75 Å². The molecule has 0 aliphatic heterocycles. The first-order chi connectivity index (χ1) is 10.3. The van der Waals surface area contributed by atoms with Crippen molar-refractivity contribution < 1.29 is 9.47 Å². The normalized spacial score (nSPS) is 10.8. The zero-order valence-electron chi connectivity index (χ0n) is 11.7. The molecule has 0 saturated carbocycles. The van der Waals surface area contributed by atoms with E-state index in [4.69, 9.17) is 9.47 Å². The molecule has 0 fully saturated rings. The highest BCUT2D eigenvalue weighted by Gasteiger charge is 2.14. The minimum absolute atomic E-state index is 0.380. The van der Waals surface area contributed by atoms with E-state index in [0.29, 0.717) is 22.6 Å². The van der Waals surface area contributed by atoms with Gasteiger partial charge < -0.3 is 9.47 Å². The van der Waals surface area contributed by atoms with Crippen molar-refractivity contribution in [1.29, 1.82) is 0 Å². The summed E-state index contributed by atoms with van der Waals surface area (Å²) >= 11 is 1.56. The molecule has 2 aromatic heterocycles. The first-order valence-electron chi connectivity index (χ1n) is 6.32. The zero-order valence-corrected chi connectivity index (χ0v) is 12.5. The SMILES string of the molecule is COc1cnc(OC)n2nc(SCc3ccccc3)nc12. The molecule has 0 spiro atoms. The minimum Gasteiger partial charge on any atom is -0.491 e. The van der Waals surface area contributed by atoms with E-state index in [1.807, 2.05) is 18.2 Å². The number of methoxy groups -OCH3 is 2. The first kappa shape index (κ1) is 13.7. The van der Waals surface area contributed by atoms with Crippen molar-refractivity contribution in [3.63, 3.8) is 0 Å². The number of thioether (sulfide) groups is 1. The number of ether oxygens (including phenoxy) is 2. The molecule has 3 rings (SSSR count). The Kier molecular flexibility index (Phi) is 3.92. The molecule has 0 bridgehead atoms. The Morgan fingerprint density at radius 2 is 1.95 bits per heavy atom. The minimum atomic E-state index is 0.380. The molecular formula is C14H14N4O2S. The van der Waals surface area contributed by atoms with Crippen LogP contribution < -0.4 is 9.47 Å². The Balaban J connectivity index is 1.90. The largest absolute Gasteiger partial charge is 0.491 e. The van der Waals surface area contributed by atoms with Gasteiger partial charge >= 0.3 is 6.01 Å². The van der Waals surface area contributed by atoms with Crippen molar-refractivity contribution in [3.8, 4) is 11.8 Å². The number of aromatic nitrogens is 4. The number of hydrogen-bond donors (Lipinski definition) is 0. The molecule has 0 saturated heterocycles. The molecule has 6 nitrogen and oxygen atoms in total. The second kappa shape index (κ2) is 6.01. The summed E-state index contributed by atoms with van der Waals surface area (Å²) in [5.74, 6) is 1.37. The number of rotatable bonds is 5. The van der Waals surface area contributed by atoms with Gasteiger partial charge in [-0.05, 0) is 5.56 Å². The third-order valence-electron chi connectivity index (χ3n) is 2.89. The smallest absolute Gasteiger partial charge is 0.319 e. The highest BCUT2D eigenvalue weighted by Crippen LogP contribution is 2.25. The van der Waals surface area contributed by atoms with Gasteiger partial charge in [-0.1, -0.05) is 42.1 Å². The Bertz CT molecular complexity index is 704. The molecule has 0 N–H and O–H groups in total. The van der Waals surface area contributed by atoms with Crippen LogP contribution in [-0.4, -0.2) is 33.8 Å². The van der Waals surface area contributed by atoms with E-state index >= 15 is 0 Å². The fraction of sp³-hybridized carbons (Fsp3) is 0.214. The average Bonchev–Trinajstić information content (AvgIpc) is 2.97. The summed E-state index contributed by atoms with van der Waals surface area (Å²) in [5, 5.41) is 5.06. The van der Waals surface area contributed by atoms with Gasteiger partial charge in [-0.25, -0.2) is 0 Å². The molecule has 21 heavy (non-hydrogen) atoms. The highest BCUT2D eigenvalue weighted by atomic mass is 32.2. The molecule has 3 aromatic rings. The Hall–Kier alpha value is -2.28. The van der Waals surface area contributed by atoms with E-state index in [2.05, 4.69) is 27.2 Å². The van der Waals surface area contributed by atoms with Crippen LogP contribution in [0.4, 0.5) is 0 Å². The number of hydrogen-bond acceptors (Lipinski definition) is 6. The lowest BCUT2D eigenvalue weighted by molar-refractivity contribution is 0.359. The lowest BCUT2D eigenvalue weighted by Gasteiger charge is -2.03. The molecule has 7 heteroatoms. The molecule has 108 valence electrons. The summed E-state index contributed by atoms with van der Waals surface area (Å²) in [5.41, 5.74) is 1.82. The number of nitrogens with zero attached hydrogens (tertiary/aromatic N) is 4. The maximum atomic E-state index is 5.25. The third kappa shape index (κ3) is 2.78. The van der Waals surface area contributed by atoms with Crippen molar-refractivity contribution in [2.45, 2.75) is 10.9 Å². The van der Waals surface area contributed by atoms with Crippen LogP contribution in [0.2, 0.25) is 0 Å². The molecule has 0 atom stereocenters. The predicted molar refractivity (Wildman–Crippen MR) is 79.9 cm³/mol. The monoisotopic (exact) mass is 302 g/mol. The maximum absolute atomic E-state index is 5.25. The van der Waals surface area contributed by atoms with E-state index < -0.39 is 0 Å². The maximum Gasteiger partial charge on any atom is 0.319 e. The summed E-state index contributed by atoms with van der Waals surface area (Å²) < 4.78 is 12.0. The highest BCUT2D eigenvalue weighted by molar-refractivity contribution is 7.98. The topological polar surface area (TPSA) is 61.5 Å². The van der Waals surface area contributed by atoms with Crippen LogP contribution in [0.3, 0.4) is 0 Å². The first-order valence-corrected chi connectivity index (χ1v) is 7.31. The number of fused-ring (bicyclic) bond motifs is 1. The zero-order chi connectivity index (χ0) is 14.7. The Morgan fingerprint density at radius 1 is 1.14 bits per heavy atom. The fourth-order valence-electron chi connectivity index (χ4n) is 1.88. The van der Waals surface area contributed by atoms with Gasteiger partial charge in [0.1, 0.15) is 0 Å². The van der Waals surface area contributed by atoms with Crippen LogP contribution in [0.5, 0.6) is 11.8 Å². The Morgan fingerprint density at radius 3 is 2.67 bits per heavy atom.